The average Bonchev–Trinajstić information content (AvgIpc) is 2.66. The van der Waals surface area contributed by atoms with Crippen LogP contribution in [0.3, 0.4) is 0 Å². The standard InChI is InChI=1S/C22H26N2O3S/c1-12(2)15-6-5-13(3)9-16(15)14-7-8-24-18(10-14)19(22(26)27)20(28-4)17(11-23)21(24)25/h7-8,10,12-13,15-16H,5-6,9H2,1-4H3,(H,26,27). The number of thioether (sulfide) groups is 1. The number of carboxylic acids is 1. The molecule has 0 radical (unpaired) electrons. The molecule has 1 saturated carbocycles. The van der Waals surface area contributed by atoms with Gasteiger partial charge in [-0.3, -0.25) is 9.20 Å². The molecule has 0 aliphatic heterocycles. The van der Waals surface area contributed by atoms with Crippen LogP contribution >= 0.6 is 11.8 Å². The molecule has 3 rings (SSSR count). The monoisotopic (exact) mass is 398 g/mol. The Morgan fingerprint density at radius 1 is 1.39 bits per heavy atom. The number of hydrogen-bond acceptors (Lipinski definition) is 4. The maximum Gasteiger partial charge on any atom is 0.339 e. The topological polar surface area (TPSA) is 82.6 Å². The quantitative estimate of drug-likeness (QED) is 0.750. The van der Waals surface area contributed by atoms with Crippen molar-refractivity contribution in [3.8, 4) is 6.07 Å². The van der Waals surface area contributed by atoms with Crippen molar-refractivity contribution in [3.05, 3.63) is 45.4 Å². The van der Waals surface area contributed by atoms with Crippen LogP contribution in [0.1, 0.15) is 67.4 Å². The molecule has 6 heteroatoms. The Balaban J connectivity index is 2.28. The van der Waals surface area contributed by atoms with Gasteiger partial charge in [-0.25, -0.2) is 4.79 Å². The predicted molar refractivity (Wildman–Crippen MR) is 111 cm³/mol. The normalized spacial score (nSPS) is 22.4. The lowest BCUT2D eigenvalue weighted by atomic mass is 9.68. The predicted octanol–water partition coefficient (Wildman–Crippen LogP) is 4.77. The number of aromatic nitrogens is 1. The summed E-state index contributed by atoms with van der Waals surface area (Å²) in [5.41, 5.74) is 0.927. The summed E-state index contributed by atoms with van der Waals surface area (Å²) in [6.45, 7) is 6.75. The first-order chi connectivity index (χ1) is 13.3. The van der Waals surface area contributed by atoms with E-state index in [1.54, 1.807) is 12.5 Å². The molecule has 1 fully saturated rings. The fourth-order valence-corrected chi connectivity index (χ4v) is 5.40. The summed E-state index contributed by atoms with van der Waals surface area (Å²) in [6, 6.07) is 5.68. The molecule has 1 aliphatic rings. The largest absolute Gasteiger partial charge is 0.478 e. The molecule has 1 N–H and O–H groups in total. The third-order valence-electron chi connectivity index (χ3n) is 6.10. The molecule has 2 heterocycles. The van der Waals surface area contributed by atoms with E-state index in [-0.39, 0.29) is 16.0 Å². The van der Waals surface area contributed by atoms with Gasteiger partial charge in [0.2, 0.25) is 0 Å². The first-order valence-electron chi connectivity index (χ1n) is 9.69. The van der Waals surface area contributed by atoms with Crippen molar-refractivity contribution in [2.24, 2.45) is 17.8 Å². The van der Waals surface area contributed by atoms with Gasteiger partial charge in [0.25, 0.3) is 5.56 Å². The third kappa shape index (κ3) is 3.44. The molecule has 28 heavy (non-hydrogen) atoms. The van der Waals surface area contributed by atoms with Gasteiger partial charge in [-0.1, -0.05) is 27.2 Å². The van der Waals surface area contributed by atoms with Crippen molar-refractivity contribution in [1.29, 1.82) is 5.26 Å². The Labute approximate surface area is 169 Å². The van der Waals surface area contributed by atoms with Gasteiger partial charge in [-0.05, 0) is 60.5 Å². The number of hydrogen-bond donors (Lipinski definition) is 1. The number of carboxylic acid groups (broad SMARTS) is 1. The molecule has 1 aliphatic carbocycles. The van der Waals surface area contributed by atoms with E-state index in [4.69, 9.17) is 0 Å². The number of nitriles is 1. The zero-order chi connectivity index (χ0) is 20.6. The van der Waals surface area contributed by atoms with Crippen LogP contribution in [0.15, 0.2) is 28.0 Å². The van der Waals surface area contributed by atoms with E-state index < -0.39 is 11.5 Å². The highest BCUT2D eigenvalue weighted by atomic mass is 32.2. The van der Waals surface area contributed by atoms with Crippen LogP contribution < -0.4 is 5.56 Å². The first-order valence-corrected chi connectivity index (χ1v) is 10.9. The second-order valence-electron chi connectivity index (χ2n) is 8.15. The van der Waals surface area contributed by atoms with Crippen molar-refractivity contribution >= 4 is 23.2 Å². The summed E-state index contributed by atoms with van der Waals surface area (Å²) in [6.07, 6.45) is 6.78. The molecule has 0 amide bonds. The zero-order valence-electron chi connectivity index (χ0n) is 16.7. The van der Waals surface area contributed by atoms with E-state index in [0.29, 0.717) is 29.2 Å². The van der Waals surface area contributed by atoms with Gasteiger partial charge >= 0.3 is 5.97 Å². The fourth-order valence-electron chi connectivity index (χ4n) is 4.67. The molecule has 3 atom stereocenters. The highest BCUT2D eigenvalue weighted by Crippen LogP contribution is 2.44. The zero-order valence-corrected chi connectivity index (χ0v) is 17.5. The third-order valence-corrected chi connectivity index (χ3v) is 6.92. The van der Waals surface area contributed by atoms with Crippen molar-refractivity contribution < 1.29 is 9.90 Å². The minimum Gasteiger partial charge on any atom is -0.478 e. The van der Waals surface area contributed by atoms with E-state index >= 15 is 0 Å². The maximum absolute atomic E-state index is 12.8. The lowest BCUT2D eigenvalue weighted by Crippen LogP contribution is -2.27. The molecule has 0 bridgehead atoms. The number of nitrogens with zero attached hydrogens (tertiary/aromatic N) is 2. The summed E-state index contributed by atoms with van der Waals surface area (Å²) >= 11 is 1.13. The maximum atomic E-state index is 12.8. The number of aromatic carboxylic acids is 1. The highest BCUT2D eigenvalue weighted by molar-refractivity contribution is 7.98. The van der Waals surface area contributed by atoms with Crippen molar-refractivity contribution in [2.75, 3.05) is 6.26 Å². The van der Waals surface area contributed by atoms with E-state index in [1.807, 2.05) is 18.2 Å². The summed E-state index contributed by atoms with van der Waals surface area (Å²) in [4.78, 5) is 25.1. The Hall–Kier alpha value is -2.26. The Morgan fingerprint density at radius 3 is 2.68 bits per heavy atom. The summed E-state index contributed by atoms with van der Waals surface area (Å²) in [5, 5.41) is 19.3. The molecule has 0 saturated heterocycles. The van der Waals surface area contributed by atoms with Crippen molar-refractivity contribution in [3.63, 3.8) is 0 Å². The minimum atomic E-state index is -1.12. The van der Waals surface area contributed by atoms with Gasteiger partial charge in [-0.15, -0.1) is 11.8 Å². The van der Waals surface area contributed by atoms with Gasteiger partial charge in [-0.2, -0.15) is 5.26 Å². The number of fused-ring (bicyclic) bond motifs is 1. The van der Waals surface area contributed by atoms with Gasteiger partial charge in [0.1, 0.15) is 11.6 Å². The molecule has 5 nitrogen and oxygen atoms in total. The van der Waals surface area contributed by atoms with Crippen LogP contribution in [0, 0.1) is 29.1 Å². The van der Waals surface area contributed by atoms with Crippen LogP contribution in [-0.4, -0.2) is 21.7 Å². The van der Waals surface area contributed by atoms with Gasteiger partial charge in [0.15, 0.2) is 0 Å². The second kappa shape index (κ2) is 8.00. The molecule has 2 aromatic rings. The summed E-state index contributed by atoms with van der Waals surface area (Å²) in [5.74, 6) is 0.932. The van der Waals surface area contributed by atoms with Crippen LogP contribution in [0.25, 0.3) is 5.52 Å². The molecule has 0 aromatic carbocycles. The van der Waals surface area contributed by atoms with Crippen LogP contribution in [0.5, 0.6) is 0 Å². The highest BCUT2D eigenvalue weighted by Gasteiger charge is 2.32. The molecule has 0 spiro atoms. The lowest BCUT2D eigenvalue weighted by molar-refractivity contribution is 0.0694. The van der Waals surface area contributed by atoms with Crippen LogP contribution in [0.2, 0.25) is 0 Å². The summed E-state index contributed by atoms with van der Waals surface area (Å²) in [7, 11) is 0. The average molecular weight is 399 g/mol. The first kappa shape index (κ1) is 20.5. The van der Waals surface area contributed by atoms with Crippen LogP contribution in [0.4, 0.5) is 0 Å². The van der Waals surface area contributed by atoms with E-state index in [1.165, 1.54) is 10.8 Å². The van der Waals surface area contributed by atoms with Crippen molar-refractivity contribution in [1.82, 2.24) is 4.40 Å². The Kier molecular flexibility index (Phi) is 5.85. The van der Waals surface area contributed by atoms with Gasteiger partial charge < -0.3 is 5.11 Å². The molecule has 2 aromatic heterocycles. The molecule has 148 valence electrons. The summed E-state index contributed by atoms with van der Waals surface area (Å²) < 4.78 is 1.31. The minimum absolute atomic E-state index is 0.0375. The van der Waals surface area contributed by atoms with Gasteiger partial charge in [0.05, 0.1) is 11.1 Å². The fraction of sp³-hybridized carbons (Fsp3) is 0.500. The molecular formula is C22H26N2O3S. The Bertz CT molecular complexity index is 1020. The number of carbonyl (C=O) groups is 1. The number of rotatable bonds is 4. The van der Waals surface area contributed by atoms with E-state index in [2.05, 4.69) is 20.8 Å². The second-order valence-corrected chi connectivity index (χ2v) is 8.97. The van der Waals surface area contributed by atoms with Crippen molar-refractivity contribution in [2.45, 2.75) is 50.8 Å². The molecule has 3 unspecified atom stereocenters. The molecular weight excluding hydrogens is 372 g/mol. The number of pyridine rings is 2. The SMILES string of the molecule is CSc1c(C#N)c(=O)n2ccc(C3CC(C)CCC3C(C)C)cc2c1C(=O)O. The Morgan fingerprint density at radius 2 is 2.11 bits per heavy atom. The van der Waals surface area contributed by atoms with Gasteiger partial charge in [0, 0.05) is 11.1 Å². The van der Waals surface area contributed by atoms with E-state index in [0.717, 1.165) is 30.2 Å². The van der Waals surface area contributed by atoms with Crippen LogP contribution in [-0.2, 0) is 0 Å². The van der Waals surface area contributed by atoms with E-state index in [9.17, 15) is 20.0 Å². The lowest BCUT2D eigenvalue weighted by Gasteiger charge is -2.38. The smallest absolute Gasteiger partial charge is 0.339 e.